The molecule has 136 valence electrons. The molecule has 26 heavy (non-hydrogen) atoms. The van der Waals surface area contributed by atoms with Gasteiger partial charge in [-0.2, -0.15) is 0 Å². The summed E-state index contributed by atoms with van der Waals surface area (Å²) in [5.74, 6) is 2.04. The Hall–Kier alpha value is -2.44. The molecule has 4 aliphatic rings. The first-order valence-electron chi connectivity index (χ1n) is 9.47. The van der Waals surface area contributed by atoms with E-state index in [4.69, 9.17) is 0 Å². The van der Waals surface area contributed by atoms with E-state index >= 15 is 0 Å². The van der Waals surface area contributed by atoms with E-state index in [1.54, 1.807) is 22.7 Å². The van der Waals surface area contributed by atoms with Gasteiger partial charge in [0, 0.05) is 12.6 Å². The number of nitrogens with one attached hydrogen (secondary N) is 2. The van der Waals surface area contributed by atoms with Crippen LogP contribution in [0.2, 0.25) is 0 Å². The summed E-state index contributed by atoms with van der Waals surface area (Å²) in [6, 6.07) is 3.39. The predicted molar refractivity (Wildman–Crippen MR) is 93.8 cm³/mol. The van der Waals surface area contributed by atoms with Gasteiger partial charge in [-0.15, -0.1) is 10.2 Å². The SMILES string of the molecule is O=C(CC12CC3CC(CC(C3)C1)C2)NNC(=O)c1ccc2nncn2c1. The van der Waals surface area contributed by atoms with Crippen LogP contribution in [0.5, 0.6) is 0 Å². The van der Waals surface area contributed by atoms with Crippen LogP contribution in [0.25, 0.3) is 5.65 Å². The molecular weight excluding hydrogens is 330 g/mol. The van der Waals surface area contributed by atoms with Crippen molar-refractivity contribution in [1.29, 1.82) is 0 Å². The lowest BCUT2D eigenvalue weighted by Gasteiger charge is -2.56. The molecule has 0 atom stereocenters. The largest absolute Gasteiger partial charge is 0.288 e. The summed E-state index contributed by atoms with van der Waals surface area (Å²) in [6.07, 6.45) is 11.4. The fraction of sp³-hybridized carbons (Fsp3) is 0.579. The Balaban J connectivity index is 1.20. The van der Waals surface area contributed by atoms with Crippen LogP contribution >= 0.6 is 0 Å². The first kappa shape index (κ1) is 15.8. The number of carbonyl (C=O) groups is 2. The Morgan fingerprint density at radius 2 is 1.77 bits per heavy atom. The molecular formula is C19H23N5O2. The number of rotatable bonds is 3. The molecule has 0 radical (unpaired) electrons. The molecule has 4 saturated carbocycles. The smallest absolute Gasteiger partial charge is 0.271 e. The van der Waals surface area contributed by atoms with Crippen molar-refractivity contribution in [3.05, 3.63) is 30.2 Å². The molecule has 7 nitrogen and oxygen atoms in total. The van der Waals surface area contributed by atoms with Gasteiger partial charge in [-0.05, 0) is 73.8 Å². The van der Waals surface area contributed by atoms with Crippen molar-refractivity contribution in [2.75, 3.05) is 0 Å². The second-order valence-electron chi connectivity index (χ2n) is 8.61. The Labute approximate surface area is 151 Å². The Morgan fingerprint density at radius 3 is 2.46 bits per heavy atom. The van der Waals surface area contributed by atoms with Crippen LogP contribution in [0, 0.1) is 23.2 Å². The van der Waals surface area contributed by atoms with Crippen molar-refractivity contribution < 1.29 is 9.59 Å². The minimum absolute atomic E-state index is 0.0781. The third kappa shape index (κ3) is 2.75. The number of aromatic nitrogens is 3. The summed E-state index contributed by atoms with van der Waals surface area (Å²) in [7, 11) is 0. The molecule has 6 rings (SSSR count). The van der Waals surface area contributed by atoms with Crippen LogP contribution in [0.4, 0.5) is 0 Å². The third-order valence-electron chi connectivity index (χ3n) is 6.57. The zero-order valence-corrected chi connectivity index (χ0v) is 14.6. The van der Waals surface area contributed by atoms with E-state index in [1.807, 2.05) is 0 Å². The lowest BCUT2D eigenvalue weighted by molar-refractivity contribution is -0.130. The molecule has 4 fully saturated rings. The number of fused-ring (bicyclic) bond motifs is 1. The van der Waals surface area contributed by atoms with Gasteiger partial charge in [-0.1, -0.05) is 0 Å². The van der Waals surface area contributed by atoms with Crippen LogP contribution in [-0.2, 0) is 4.79 Å². The summed E-state index contributed by atoms with van der Waals surface area (Å²) >= 11 is 0. The highest BCUT2D eigenvalue weighted by Crippen LogP contribution is 2.61. The fourth-order valence-electron chi connectivity index (χ4n) is 6.05. The molecule has 2 aromatic rings. The number of amides is 2. The van der Waals surface area contributed by atoms with E-state index in [0.29, 0.717) is 17.6 Å². The van der Waals surface area contributed by atoms with E-state index in [1.165, 1.54) is 44.9 Å². The molecule has 0 aliphatic heterocycles. The van der Waals surface area contributed by atoms with Crippen molar-refractivity contribution in [3.63, 3.8) is 0 Å². The fourth-order valence-corrected chi connectivity index (χ4v) is 6.05. The molecule has 2 aromatic heterocycles. The zero-order valence-electron chi connectivity index (χ0n) is 14.6. The van der Waals surface area contributed by atoms with Gasteiger partial charge in [0.1, 0.15) is 6.33 Å². The maximum absolute atomic E-state index is 12.5. The average molecular weight is 353 g/mol. The molecule has 2 N–H and O–H groups in total. The lowest BCUT2D eigenvalue weighted by atomic mass is 9.49. The number of pyridine rings is 1. The van der Waals surface area contributed by atoms with Crippen LogP contribution in [0.3, 0.4) is 0 Å². The molecule has 4 aliphatic carbocycles. The Morgan fingerprint density at radius 1 is 1.08 bits per heavy atom. The topological polar surface area (TPSA) is 88.4 Å². The molecule has 4 bridgehead atoms. The van der Waals surface area contributed by atoms with Crippen LogP contribution in [0.1, 0.15) is 55.3 Å². The number of hydrogen-bond acceptors (Lipinski definition) is 4. The van der Waals surface area contributed by atoms with E-state index < -0.39 is 0 Å². The average Bonchev–Trinajstić information content (AvgIpc) is 3.05. The van der Waals surface area contributed by atoms with Crippen LogP contribution in [-0.4, -0.2) is 26.4 Å². The Bertz CT molecular complexity index is 838. The molecule has 2 heterocycles. The summed E-state index contributed by atoms with van der Waals surface area (Å²) in [6.45, 7) is 0. The Kier molecular flexibility index (Phi) is 3.52. The quantitative estimate of drug-likeness (QED) is 0.827. The molecule has 2 amide bonds. The monoisotopic (exact) mass is 353 g/mol. The van der Waals surface area contributed by atoms with E-state index in [9.17, 15) is 9.59 Å². The van der Waals surface area contributed by atoms with Crippen LogP contribution < -0.4 is 10.9 Å². The third-order valence-corrected chi connectivity index (χ3v) is 6.57. The van der Waals surface area contributed by atoms with Gasteiger partial charge >= 0.3 is 0 Å². The first-order valence-corrected chi connectivity index (χ1v) is 9.47. The summed E-state index contributed by atoms with van der Waals surface area (Å²) in [5.41, 5.74) is 6.46. The van der Waals surface area contributed by atoms with Crippen molar-refractivity contribution >= 4 is 17.5 Å². The van der Waals surface area contributed by atoms with Crippen LogP contribution in [0.15, 0.2) is 24.7 Å². The maximum Gasteiger partial charge on any atom is 0.271 e. The number of carbonyl (C=O) groups excluding carboxylic acids is 2. The number of hydrazine groups is 1. The zero-order chi connectivity index (χ0) is 17.7. The standard InChI is InChI=1S/C19H23N5O2/c25-17(9-19-6-12-3-13(7-19)5-14(4-12)8-19)22-23-18(26)15-1-2-16-21-20-11-24(16)10-15/h1-2,10-14H,3-9H2,(H,22,25)(H,23,26). The number of hydrogen-bond donors (Lipinski definition) is 2. The van der Waals surface area contributed by atoms with Crippen molar-refractivity contribution in [2.24, 2.45) is 23.2 Å². The van der Waals surface area contributed by atoms with Crippen molar-refractivity contribution in [1.82, 2.24) is 25.4 Å². The summed E-state index contributed by atoms with van der Waals surface area (Å²) in [4.78, 5) is 24.8. The predicted octanol–water partition coefficient (Wildman–Crippen LogP) is 2.10. The minimum atomic E-state index is -0.334. The highest BCUT2D eigenvalue weighted by molar-refractivity contribution is 5.95. The molecule has 7 heteroatoms. The van der Waals surface area contributed by atoms with Crippen molar-refractivity contribution in [2.45, 2.75) is 44.9 Å². The first-order chi connectivity index (χ1) is 12.6. The normalized spacial score (nSPS) is 31.9. The minimum Gasteiger partial charge on any atom is -0.288 e. The van der Waals surface area contributed by atoms with Gasteiger partial charge in [0.05, 0.1) is 5.56 Å². The van der Waals surface area contributed by atoms with Gasteiger partial charge in [-0.3, -0.25) is 24.8 Å². The molecule has 0 aromatic carbocycles. The summed E-state index contributed by atoms with van der Waals surface area (Å²) < 4.78 is 1.67. The summed E-state index contributed by atoms with van der Waals surface area (Å²) in [5, 5.41) is 7.70. The van der Waals surface area contributed by atoms with Gasteiger partial charge in [-0.25, -0.2) is 0 Å². The van der Waals surface area contributed by atoms with E-state index in [-0.39, 0.29) is 17.2 Å². The van der Waals surface area contributed by atoms with Gasteiger partial charge in [0.15, 0.2) is 5.65 Å². The van der Waals surface area contributed by atoms with Gasteiger partial charge < -0.3 is 0 Å². The highest BCUT2D eigenvalue weighted by atomic mass is 16.2. The van der Waals surface area contributed by atoms with Gasteiger partial charge in [0.25, 0.3) is 5.91 Å². The molecule has 0 saturated heterocycles. The van der Waals surface area contributed by atoms with Crippen molar-refractivity contribution in [3.8, 4) is 0 Å². The second kappa shape index (κ2) is 5.79. The second-order valence-corrected chi connectivity index (χ2v) is 8.61. The maximum atomic E-state index is 12.5. The van der Waals surface area contributed by atoms with Gasteiger partial charge in [0.2, 0.25) is 5.91 Å². The lowest BCUT2D eigenvalue weighted by Crippen LogP contribution is -2.50. The van der Waals surface area contributed by atoms with E-state index in [0.717, 1.165) is 17.8 Å². The van der Waals surface area contributed by atoms with E-state index in [2.05, 4.69) is 21.0 Å². The highest BCUT2D eigenvalue weighted by Gasteiger charge is 2.51. The molecule has 0 spiro atoms. The molecule has 0 unspecified atom stereocenters. The number of nitrogens with zero attached hydrogens (tertiary/aromatic N) is 3.